The average molecular weight is 434 g/mol. The molecule has 7 heteroatoms. The summed E-state index contributed by atoms with van der Waals surface area (Å²) in [5.74, 6) is 0.209. The minimum Gasteiger partial charge on any atom is -0.497 e. The molecule has 0 radical (unpaired) electrons. The fourth-order valence-electron chi connectivity index (χ4n) is 5.98. The van der Waals surface area contributed by atoms with Crippen LogP contribution < -0.4 is 19.9 Å². The van der Waals surface area contributed by atoms with E-state index in [4.69, 9.17) is 4.74 Å². The third-order valence-electron chi connectivity index (χ3n) is 7.18. The minimum absolute atomic E-state index is 0.104. The summed E-state index contributed by atoms with van der Waals surface area (Å²) < 4.78 is 5.21. The third-order valence-corrected chi connectivity index (χ3v) is 7.18. The minimum atomic E-state index is -1.37. The number of fused-ring (bicyclic) bond motifs is 4. The Hall–Kier alpha value is -3.35. The van der Waals surface area contributed by atoms with Crippen LogP contribution in [0.1, 0.15) is 25.8 Å². The number of barbiturate groups is 1. The molecule has 3 aliphatic rings. The van der Waals surface area contributed by atoms with Crippen molar-refractivity contribution in [2.45, 2.75) is 32.7 Å². The van der Waals surface area contributed by atoms with Crippen LogP contribution in [0.15, 0.2) is 48.5 Å². The van der Waals surface area contributed by atoms with Gasteiger partial charge in [-0.15, -0.1) is 0 Å². The highest BCUT2D eigenvalue weighted by atomic mass is 16.5. The van der Waals surface area contributed by atoms with Gasteiger partial charge in [-0.3, -0.25) is 14.9 Å². The fraction of sp³-hybridized carbons (Fsp3) is 0.400. The maximum Gasteiger partial charge on any atom is 0.335 e. The standard InChI is InChI=1S/C25H27N3O4/c1-15-12-16(2)21-25(13-17-6-4-5-7-20(17)27(21)14-15)22(29)26-24(31)28(23(25)30)18-8-10-19(32-3)11-9-18/h4-11,15-16,21H,12-14H2,1-3H3,(H,26,29,31)/t15-,16-,21-,25-/m1/s1. The first-order chi connectivity index (χ1) is 15.4. The number of nitrogens with zero attached hydrogens (tertiary/aromatic N) is 2. The molecule has 0 unspecified atom stereocenters. The number of carbonyl (C=O) groups is 3. The lowest BCUT2D eigenvalue weighted by Crippen LogP contribution is -2.74. The monoisotopic (exact) mass is 433 g/mol. The number of ether oxygens (including phenoxy) is 1. The molecular weight excluding hydrogens is 406 g/mol. The van der Waals surface area contributed by atoms with Crippen molar-refractivity contribution in [1.82, 2.24) is 5.32 Å². The molecule has 0 bridgehead atoms. The molecular formula is C25H27N3O4. The van der Waals surface area contributed by atoms with Gasteiger partial charge in [-0.25, -0.2) is 9.69 Å². The Morgan fingerprint density at radius 3 is 2.47 bits per heavy atom. The molecule has 4 atom stereocenters. The molecule has 0 saturated carbocycles. The molecule has 3 heterocycles. The molecule has 3 aliphatic heterocycles. The predicted molar refractivity (Wildman–Crippen MR) is 121 cm³/mol. The zero-order chi connectivity index (χ0) is 22.6. The van der Waals surface area contributed by atoms with Crippen LogP contribution in [0.4, 0.5) is 16.2 Å². The van der Waals surface area contributed by atoms with Gasteiger partial charge in [0.15, 0.2) is 5.41 Å². The van der Waals surface area contributed by atoms with Crippen LogP contribution >= 0.6 is 0 Å². The largest absolute Gasteiger partial charge is 0.497 e. The zero-order valence-electron chi connectivity index (χ0n) is 18.5. The van der Waals surface area contributed by atoms with Gasteiger partial charge in [0.1, 0.15) is 5.75 Å². The number of piperidine rings is 1. The predicted octanol–water partition coefficient (Wildman–Crippen LogP) is 3.37. The first-order valence-electron chi connectivity index (χ1n) is 11.1. The van der Waals surface area contributed by atoms with Gasteiger partial charge in [0, 0.05) is 12.2 Å². The van der Waals surface area contributed by atoms with Crippen molar-refractivity contribution in [3.05, 3.63) is 54.1 Å². The number of carbonyl (C=O) groups excluding carboxylic acids is 3. The second-order valence-corrected chi connectivity index (χ2v) is 9.29. The van der Waals surface area contributed by atoms with Gasteiger partial charge < -0.3 is 9.64 Å². The van der Waals surface area contributed by atoms with Crippen molar-refractivity contribution in [3.63, 3.8) is 0 Å². The number of methoxy groups -OCH3 is 1. The number of imide groups is 2. The van der Waals surface area contributed by atoms with Crippen molar-refractivity contribution in [1.29, 1.82) is 0 Å². The number of para-hydroxylation sites is 1. The smallest absolute Gasteiger partial charge is 0.335 e. The van der Waals surface area contributed by atoms with E-state index in [9.17, 15) is 14.4 Å². The quantitative estimate of drug-likeness (QED) is 0.735. The van der Waals surface area contributed by atoms with E-state index in [2.05, 4.69) is 30.1 Å². The molecule has 2 aromatic rings. The van der Waals surface area contributed by atoms with Crippen LogP contribution in [0.25, 0.3) is 0 Å². The first kappa shape index (κ1) is 20.5. The number of benzene rings is 2. The van der Waals surface area contributed by atoms with Gasteiger partial charge in [-0.05, 0) is 60.6 Å². The van der Waals surface area contributed by atoms with Crippen molar-refractivity contribution in [2.24, 2.45) is 17.3 Å². The van der Waals surface area contributed by atoms with Crippen LogP contribution in [-0.2, 0) is 16.0 Å². The summed E-state index contributed by atoms with van der Waals surface area (Å²) in [5.41, 5.74) is 1.08. The second-order valence-electron chi connectivity index (χ2n) is 9.29. The molecule has 0 aromatic heterocycles. The highest BCUT2D eigenvalue weighted by Crippen LogP contribution is 2.50. The molecule has 32 heavy (non-hydrogen) atoms. The zero-order valence-corrected chi connectivity index (χ0v) is 18.5. The summed E-state index contributed by atoms with van der Waals surface area (Å²) in [5, 5.41) is 2.51. The molecule has 2 aromatic carbocycles. The number of rotatable bonds is 2. The van der Waals surface area contributed by atoms with Crippen LogP contribution in [0.3, 0.4) is 0 Å². The number of nitrogens with one attached hydrogen (secondary N) is 1. The van der Waals surface area contributed by atoms with Crippen LogP contribution in [0.2, 0.25) is 0 Å². The van der Waals surface area contributed by atoms with Crippen molar-refractivity contribution < 1.29 is 19.1 Å². The number of urea groups is 1. The number of anilines is 2. The summed E-state index contributed by atoms with van der Waals surface area (Å²) in [6.07, 6.45) is 1.19. The van der Waals surface area contributed by atoms with Gasteiger partial charge in [0.2, 0.25) is 5.91 Å². The lowest BCUT2D eigenvalue weighted by atomic mass is 9.62. The Morgan fingerprint density at radius 1 is 1.03 bits per heavy atom. The summed E-state index contributed by atoms with van der Waals surface area (Å²) >= 11 is 0. The summed E-state index contributed by atoms with van der Waals surface area (Å²) in [4.78, 5) is 43.9. The van der Waals surface area contributed by atoms with E-state index in [-0.39, 0.29) is 18.4 Å². The Labute approximate surface area is 187 Å². The van der Waals surface area contributed by atoms with E-state index in [0.717, 1.165) is 29.1 Å². The number of hydrogen-bond acceptors (Lipinski definition) is 5. The van der Waals surface area contributed by atoms with Crippen molar-refractivity contribution in [2.75, 3.05) is 23.5 Å². The maximum atomic E-state index is 14.2. The van der Waals surface area contributed by atoms with Crippen LogP contribution in [-0.4, -0.2) is 37.5 Å². The summed E-state index contributed by atoms with van der Waals surface area (Å²) in [6.45, 7) is 5.08. The topological polar surface area (TPSA) is 79.0 Å². The van der Waals surface area contributed by atoms with Crippen LogP contribution in [0, 0.1) is 17.3 Å². The summed E-state index contributed by atoms with van der Waals surface area (Å²) in [7, 11) is 1.56. The second kappa shape index (κ2) is 7.36. The Bertz CT molecular complexity index is 1100. The Morgan fingerprint density at radius 2 is 1.75 bits per heavy atom. The lowest BCUT2D eigenvalue weighted by molar-refractivity contribution is -0.146. The van der Waals surface area contributed by atoms with Crippen molar-refractivity contribution >= 4 is 29.2 Å². The normalized spacial score (nSPS) is 29.5. The molecule has 1 spiro atoms. The highest BCUT2D eigenvalue weighted by Gasteiger charge is 2.64. The first-order valence-corrected chi connectivity index (χ1v) is 11.1. The molecule has 2 saturated heterocycles. The highest BCUT2D eigenvalue weighted by molar-refractivity contribution is 6.30. The molecule has 0 aliphatic carbocycles. The molecule has 5 rings (SSSR count). The lowest BCUT2D eigenvalue weighted by Gasteiger charge is -2.56. The Kier molecular flexibility index (Phi) is 4.73. The number of hydrogen-bond donors (Lipinski definition) is 1. The maximum absolute atomic E-state index is 14.2. The Balaban J connectivity index is 1.66. The van der Waals surface area contributed by atoms with Gasteiger partial charge in [-0.1, -0.05) is 32.0 Å². The van der Waals surface area contributed by atoms with Gasteiger partial charge in [-0.2, -0.15) is 0 Å². The molecule has 4 amide bonds. The van der Waals surface area contributed by atoms with E-state index in [1.54, 1.807) is 31.4 Å². The summed E-state index contributed by atoms with van der Waals surface area (Å²) in [6, 6.07) is 13.7. The van der Waals surface area contributed by atoms with Gasteiger partial charge in [0.05, 0.1) is 18.8 Å². The molecule has 2 fully saturated rings. The van der Waals surface area contributed by atoms with E-state index < -0.39 is 23.3 Å². The van der Waals surface area contributed by atoms with E-state index in [1.807, 2.05) is 18.2 Å². The van der Waals surface area contributed by atoms with Crippen molar-refractivity contribution in [3.8, 4) is 5.75 Å². The van der Waals surface area contributed by atoms with E-state index >= 15 is 0 Å². The number of amides is 4. The molecule has 166 valence electrons. The van der Waals surface area contributed by atoms with Crippen LogP contribution in [0.5, 0.6) is 5.75 Å². The molecule has 7 nitrogen and oxygen atoms in total. The average Bonchev–Trinajstić information content (AvgIpc) is 2.77. The fourth-order valence-corrected chi connectivity index (χ4v) is 5.98. The van der Waals surface area contributed by atoms with E-state index in [0.29, 0.717) is 17.4 Å². The van der Waals surface area contributed by atoms with Gasteiger partial charge in [0.25, 0.3) is 5.91 Å². The SMILES string of the molecule is COc1ccc(N2C(=O)NC(=O)[C@]3(Cc4ccccc4N4C[C@H](C)C[C@@H](C)[C@@H]43)C2=O)cc1. The van der Waals surface area contributed by atoms with Gasteiger partial charge >= 0.3 is 6.03 Å². The third kappa shape index (κ3) is 2.83. The van der Waals surface area contributed by atoms with E-state index in [1.165, 1.54) is 0 Å². The molecule has 1 N–H and O–H groups in total.